The van der Waals surface area contributed by atoms with Gasteiger partial charge in [-0.15, -0.1) is 46.2 Å². The van der Waals surface area contributed by atoms with Crippen molar-refractivity contribution in [3.63, 3.8) is 0 Å². The molecule has 0 spiro atoms. The number of fused-ring (bicyclic) bond motifs is 2. The third-order valence-corrected chi connectivity index (χ3v) is 10.4. The van der Waals surface area contributed by atoms with Crippen molar-refractivity contribution in [2.45, 2.75) is 15.6 Å². The predicted octanol–water partition coefficient (Wildman–Crippen LogP) is -2.58. The van der Waals surface area contributed by atoms with Crippen LogP contribution in [0.2, 0.25) is 0 Å². The summed E-state index contributed by atoms with van der Waals surface area (Å²) >= 11 is 4.54. The number of nitrogens with zero attached hydrogens (tertiary/aromatic N) is 3. The number of nitrogens with one attached hydrogen (secondary N) is 1. The third-order valence-electron chi connectivity index (χ3n) is 6.03. The van der Waals surface area contributed by atoms with E-state index in [2.05, 4.69) is 15.5 Å². The van der Waals surface area contributed by atoms with Crippen LogP contribution in [-0.4, -0.2) is 84.2 Å². The molecule has 1 fully saturated rings. The van der Waals surface area contributed by atoms with Crippen LogP contribution in [0.4, 0.5) is 5.13 Å². The number of aromatic hydroxyl groups is 1. The zero-order valence-corrected chi connectivity index (χ0v) is 27.6. The van der Waals surface area contributed by atoms with E-state index in [1.54, 1.807) is 0 Å². The minimum Gasteiger partial charge on any atom is -0.870 e. The van der Waals surface area contributed by atoms with E-state index in [1.807, 2.05) is 0 Å². The molecular weight excluding hydrogens is 670 g/mol. The number of carbonyl (C=O) groups is 4. The fraction of sp³-hybridized carbons (Fsp3) is 0.208. The van der Waals surface area contributed by atoms with Crippen LogP contribution in [0.15, 0.2) is 49.0 Å². The maximum Gasteiger partial charge on any atom is 1.00 e. The molecule has 5 rings (SSSR count). The van der Waals surface area contributed by atoms with E-state index < -0.39 is 64.4 Å². The number of hydrogen-bond donors (Lipinski definition) is 5. The van der Waals surface area contributed by atoms with E-state index in [4.69, 9.17) is 15.7 Å². The van der Waals surface area contributed by atoms with Gasteiger partial charge in [-0.1, -0.05) is 17.0 Å². The predicted molar refractivity (Wildman–Crippen MR) is 156 cm³/mol. The van der Waals surface area contributed by atoms with Gasteiger partial charge in [0, 0.05) is 33.0 Å². The molecule has 0 aliphatic carbocycles. The average molecular weight is 688 g/mol. The molecule has 1 aromatic carbocycles. The Kier molecular flexibility index (Phi) is 10.5. The van der Waals surface area contributed by atoms with Crippen molar-refractivity contribution >= 4 is 90.9 Å². The number of anilines is 1. The summed E-state index contributed by atoms with van der Waals surface area (Å²) in [5.41, 5.74) is 4.96. The summed E-state index contributed by atoms with van der Waals surface area (Å²) in [7, 11) is 0. The molecule has 0 radical (unpaired) electrons. The first kappa shape index (κ1) is 33.6. The summed E-state index contributed by atoms with van der Waals surface area (Å²) < 4.78 is 0.908. The number of aliphatic carboxylic acids is 2. The molecule has 44 heavy (non-hydrogen) atoms. The largest absolute Gasteiger partial charge is 1.00 e. The van der Waals surface area contributed by atoms with E-state index in [0.717, 1.165) is 33.6 Å². The molecule has 2 aliphatic heterocycles. The summed E-state index contributed by atoms with van der Waals surface area (Å²) in [6.07, 6.45) is 0. The van der Waals surface area contributed by atoms with Crippen LogP contribution >= 0.6 is 46.2 Å². The number of rotatable bonds is 10. The smallest absolute Gasteiger partial charge is 0.870 e. The number of carboxylic acids is 2. The second-order valence-corrected chi connectivity index (χ2v) is 13.2. The SMILES string of the molecule is Nc1nc(/C(=N\OCC(=O)O)C(=O)N[C@@H]2C(=O)N3C(C(=O)O)=C(CSc4cc(=O)c5cc([O-])c(O)cc5s4)CS[C@H]23)cs1.[Na+]. The molecule has 0 bridgehead atoms. The molecule has 0 saturated carbocycles. The van der Waals surface area contributed by atoms with Crippen LogP contribution in [0.25, 0.3) is 10.1 Å². The van der Waals surface area contributed by atoms with Gasteiger partial charge in [0.2, 0.25) is 6.61 Å². The zero-order valence-electron chi connectivity index (χ0n) is 22.3. The number of nitrogens with two attached hydrogens (primary N) is 1. The Hall–Kier alpha value is -3.33. The third kappa shape index (κ3) is 6.82. The Morgan fingerprint density at radius 2 is 2.00 bits per heavy atom. The molecule has 2 aliphatic rings. The van der Waals surface area contributed by atoms with Crippen LogP contribution < -0.4 is 51.1 Å². The summed E-state index contributed by atoms with van der Waals surface area (Å²) in [6, 6.07) is 2.48. The maximum atomic E-state index is 13.1. The quantitative estimate of drug-likeness (QED) is 0.0483. The standard InChI is InChI=1S/C24H19N5O10S4.Na/c25-24-26-10(7-42-24)17(28-39-4-15(33)34)20(35)27-18-21(36)29-19(23(37)38)8(6-41-22(18)29)5-40-16-3-11(30)9-1-12(31)13(32)2-14(9)43-16;/h1-3,7,18,22,31-32H,4-6H2,(H2,25,26)(H,27,35)(H,33,34)(H,37,38);/q;+1/p-1/b28-17+;/t18-,22-;/m1./s1. The van der Waals surface area contributed by atoms with Gasteiger partial charge < -0.3 is 36.3 Å². The minimum atomic E-state index is -1.35. The van der Waals surface area contributed by atoms with E-state index in [9.17, 15) is 39.3 Å². The monoisotopic (exact) mass is 687 g/mol. The summed E-state index contributed by atoms with van der Waals surface area (Å²) in [5, 5.41) is 47.2. The summed E-state index contributed by atoms with van der Waals surface area (Å²) in [4.78, 5) is 71.4. The number of thioether (sulfide) groups is 2. The van der Waals surface area contributed by atoms with Gasteiger partial charge >= 0.3 is 41.5 Å². The van der Waals surface area contributed by atoms with Gasteiger partial charge in [0.15, 0.2) is 16.3 Å². The number of oxime groups is 1. The number of thiazole rings is 1. The molecule has 15 nitrogen and oxygen atoms in total. The van der Waals surface area contributed by atoms with Crippen LogP contribution in [-0.2, 0) is 24.0 Å². The first-order valence-corrected chi connectivity index (χ1v) is 15.6. The number of β-lactam (4-membered cyclic amide) rings is 1. The molecule has 2 amide bonds. The van der Waals surface area contributed by atoms with Gasteiger partial charge in [-0.3, -0.25) is 19.3 Å². The van der Waals surface area contributed by atoms with E-state index in [0.29, 0.717) is 14.5 Å². The second kappa shape index (κ2) is 13.8. The number of carbonyl (C=O) groups excluding carboxylic acids is 2. The molecule has 6 N–H and O–H groups in total. The first-order chi connectivity index (χ1) is 20.4. The second-order valence-electron chi connectivity index (χ2n) is 8.83. The van der Waals surface area contributed by atoms with Crippen molar-refractivity contribution in [1.82, 2.24) is 15.2 Å². The molecule has 2 aromatic heterocycles. The number of aromatic nitrogens is 1. The molecule has 4 heterocycles. The van der Waals surface area contributed by atoms with Crippen molar-refractivity contribution in [2.24, 2.45) is 5.16 Å². The van der Waals surface area contributed by atoms with Crippen molar-refractivity contribution in [3.05, 3.63) is 50.8 Å². The van der Waals surface area contributed by atoms with Gasteiger partial charge in [-0.25, -0.2) is 14.6 Å². The van der Waals surface area contributed by atoms with E-state index in [-0.39, 0.29) is 63.0 Å². The van der Waals surface area contributed by atoms with Crippen molar-refractivity contribution in [1.29, 1.82) is 0 Å². The molecule has 20 heteroatoms. The Labute approximate surface area is 285 Å². The zero-order chi connectivity index (χ0) is 31.0. The van der Waals surface area contributed by atoms with Gasteiger partial charge in [0.05, 0.1) is 4.21 Å². The molecule has 0 unspecified atom stereocenters. The van der Waals surface area contributed by atoms with Gasteiger partial charge in [-0.2, -0.15) is 0 Å². The van der Waals surface area contributed by atoms with Crippen LogP contribution in [0.3, 0.4) is 0 Å². The van der Waals surface area contributed by atoms with Crippen molar-refractivity contribution < 1.29 is 74.0 Å². The van der Waals surface area contributed by atoms with E-state index >= 15 is 0 Å². The number of carboxylic acid groups (broad SMARTS) is 2. The number of phenols is 1. The van der Waals surface area contributed by atoms with Gasteiger partial charge in [0.25, 0.3) is 11.8 Å². The summed E-state index contributed by atoms with van der Waals surface area (Å²) in [6.45, 7) is -0.835. The number of nitrogen functional groups attached to an aromatic ring is 1. The van der Waals surface area contributed by atoms with Crippen molar-refractivity contribution in [3.8, 4) is 11.5 Å². The minimum absolute atomic E-state index is 0. The first-order valence-electron chi connectivity index (χ1n) is 11.9. The Bertz CT molecular complexity index is 1810. The number of benzene rings is 1. The van der Waals surface area contributed by atoms with Crippen LogP contribution in [0, 0.1) is 0 Å². The number of amides is 2. The Balaban J connectivity index is 0.00000442. The van der Waals surface area contributed by atoms with Gasteiger partial charge in [0.1, 0.15) is 28.6 Å². The number of phenolic OH excluding ortho intramolecular Hbond substituents is 1. The van der Waals surface area contributed by atoms with Crippen LogP contribution in [0.5, 0.6) is 11.5 Å². The maximum absolute atomic E-state index is 13.1. The Morgan fingerprint density at radius 3 is 2.66 bits per heavy atom. The molecular formula is C24H18N5NaO10S4. The molecule has 1 saturated heterocycles. The van der Waals surface area contributed by atoms with E-state index in [1.165, 1.54) is 41.0 Å². The topological polar surface area (TPSA) is 245 Å². The molecule has 2 atom stereocenters. The van der Waals surface area contributed by atoms with Crippen LogP contribution in [0.1, 0.15) is 5.69 Å². The fourth-order valence-electron chi connectivity index (χ4n) is 4.14. The van der Waals surface area contributed by atoms with Crippen molar-refractivity contribution in [2.75, 3.05) is 23.8 Å². The Morgan fingerprint density at radius 1 is 1.25 bits per heavy atom. The summed E-state index contributed by atoms with van der Waals surface area (Å²) in [5.74, 6) is -5.11. The fourth-order valence-corrected chi connectivity index (χ4v) is 8.41. The molecule has 3 aromatic rings. The average Bonchev–Trinajstić information content (AvgIpc) is 3.38. The van der Waals surface area contributed by atoms with Gasteiger partial charge in [-0.05, 0) is 11.6 Å². The molecule has 224 valence electrons. The normalized spacial score (nSPS) is 17.9. The number of hydrogen-bond acceptors (Lipinski definition) is 15.